The second kappa shape index (κ2) is 6.26. The van der Waals surface area contributed by atoms with Crippen LogP contribution in [-0.2, 0) is 7.05 Å². The average molecular weight is 275 g/mol. The Morgan fingerprint density at radius 2 is 1.84 bits per heavy atom. The van der Waals surface area contributed by atoms with E-state index in [2.05, 4.69) is 43.2 Å². The Morgan fingerprint density at radius 3 is 2.37 bits per heavy atom. The number of rotatable bonds is 5. The topological polar surface area (TPSA) is 43.8 Å². The van der Waals surface area contributed by atoms with Gasteiger partial charge in [-0.25, -0.2) is 0 Å². The lowest BCUT2D eigenvalue weighted by molar-refractivity contribution is 0.766. The molecule has 0 radical (unpaired) electrons. The highest BCUT2D eigenvalue weighted by Crippen LogP contribution is 2.24. The minimum absolute atomic E-state index is 0.0615. The first kappa shape index (κ1) is 14.2. The molecule has 19 heavy (non-hydrogen) atoms. The van der Waals surface area contributed by atoms with Crippen LogP contribution in [0.1, 0.15) is 36.9 Å². The number of aromatic nitrogens is 2. The molecule has 1 heterocycles. The van der Waals surface area contributed by atoms with E-state index in [1.165, 1.54) is 11.1 Å². The van der Waals surface area contributed by atoms with Crippen LogP contribution < -0.4 is 5.73 Å². The maximum atomic E-state index is 6.23. The zero-order valence-electron chi connectivity index (χ0n) is 11.7. The molecule has 4 heteroatoms. The van der Waals surface area contributed by atoms with Crippen molar-refractivity contribution in [2.24, 2.45) is 12.8 Å². The molecule has 0 bridgehead atoms. The van der Waals surface area contributed by atoms with Gasteiger partial charge in [0.25, 0.3) is 0 Å². The lowest BCUT2D eigenvalue weighted by Crippen LogP contribution is -2.12. The number of hydrogen-bond acceptors (Lipinski definition) is 3. The van der Waals surface area contributed by atoms with Crippen molar-refractivity contribution in [3.63, 3.8) is 0 Å². The summed E-state index contributed by atoms with van der Waals surface area (Å²) < 4.78 is 1.81. The third-order valence-corrected chi connectivity index (χ3v) is 4.21. The predicted molar refractivity (Wildman–Crippen MR) is 81.4 cm³/mol. The van der Waals surface area contributed by atoms with Gasteiger partial charge in [-0.1, -0.05) is 38.1 Å². The van der Waals surface area contributed by atoms with Gasteiger partial charge in [0.15, 0.2) is 0 Å². The number of nitrogens with two attached hydrogens (primary N) is 1. The van der Waals surface area contributed by atoms with Crippen molar-refractivity contribution in [2.75, 3.05) is 5.75 Å². The molecule has 1 aromatic heterocycles. The SMILES string of the molecule is CC(C)c1ccc(C(N)CSc2cnn(C)c2)cc1. The molecule has 1 unspecified atom stereocenters. The van der Waals surface area contributed by atoms with Gasteiger partial charge >= 0.3 is 0 Å². The molecule has 0 aliphatic rings. The van der Waals surface area contributed by atoms with Gasteiger partial charge in [-0.2, -0.15) is 5.10 Å². The largest absolute Gasteiger partial charge is 0.323 e. The normalized spacial score (nSPS) is 12.9. The molecule has 3 nitrogen and oxygen atoms in total. The monoisotopic (exact) mass is 275 g/mol. The van der Waals surface area contributed by atoms with Crippen LogP contribution in [-0.4, -0.2) is 15.5 Å². The molecule has 102 valence electrons. The van der Waals surface area contributed by atoms with Crippen molar-refractivity contribution in [1.29, 1.82) is 0 Å². The highest BCUT2D eigenvalue weighted by molar-refractivity contribution is 7.99. The minimum atomic E-state index is 0.0615. The van der Waals surface area contributed by atoms with E-state index in [0.717, 1.165) is 10.6 Å². The fourth-order valence-corrected chi connectivity index (χ4v) is 2.80. The van der Waals surface area contributed by atoms with E-state index < -0.39 is 0 Å². The van der Waals surface area contributed by atoms with Gasteiger partial charge in [-0.15, -0.1) is 11.8 Å². The van der Waals surface area contributed by atoms with Gasteiger partial charge in [-0.05, 0) is 17.0 Å². The zero-order valence-corrected chi connectivity index (χ0v) is 12.5. The average Bonchev–Trinajstić information content (AvgIpc) is 2.82. The van der Waals surface area contributed by atoms with Crippen LogP contribution in [0.5, 0.6) is 0 Å². The van der Waals surface area contributed by atoms with Gasteiger partial charge in [0.05, 0.1) is 6.20 Å². The van der Waals surface area contributed by atoms with Crippen molar-refractivity contribution < 1.29 is 0 Å². The number of thioether (sulfide) groups is 1. The maximum absolute atomic E-state index is 6.23. The van der Waals surface area contributed by atoms with Crippen LogP contribution in [0.2, 0.25) is 0 Å². The second-order valence-electron chi connectivity index (χ2n) is 5.09. The quantitative estimate of drug-likeness (QED) is 0.851. The predicted octanol–water partition coefficient (Wildman–Crippen LogP) is 3.34. The van der Waals surface area contributed by atoms with Crippen LogP contribution in [0.3, 0.4) is 0 Å². The Morgan fingerprint density at radius 1 is 1.21 bits per heavy atom. The highest BCUT2D eigenvalue weighted by Gasteiger charge is 2.08. The lowest BCUT2D eigenvalue weighted by atomic mass is 10.00. The Kier molecular flexibility index (Phi) is 4.66. The molecule has 0 saturated carbocycles. The van der Waals surface area contributed by atoms with Crippen LogP contribution in [0.25, 0.3) is 0 Å². The van der Waals surface area contributed by atoms with E-state index in [1.54, 1.807) is 11.8 Å². The molecule has 2 rings (SSSR count). The van der Waals surface area contributed by atoms with Gasteiger partial charge < -0.3 is 5.73 Å². The number of hydrogen-bond donors (Lipinski definition) is 1. The molecule has 2 N–H and O–H groups in total. The fourth-order valence-electron chi connectivity index (χ4n) is 1.88. The van der Waals surface area contributed by atoms with Crippen LogP contribution in [0, 0.1) is 0 Å². The first-order chi connectivity index (χ1) is 9.06. The van der Waals surface area contributed by atoms with E-state index in [9.17, 15) is 0 Å². The molecular weight excluding hydrogens is 254 g/mol. The Balaban J connectivity index is 1.94. The zero-order chi connectivity index (χ0) is 13.8. The van der Waals surface area contributed by atoms with Crippen LogP contribution in [0.4, 0.5) is 0 Å². The van der Waals surface area contributed by atoms with Crippen molar-refractivity contribution in [2.45, 2.75) is 30.7 Å². The minimum Gasteiger partial charge on any atom is -0.323 e. The second-order valence-corrected chi connectivity index (χ2v) is 6.18. The van der Waals surface area contributed by atoms with Crippen molar-refractivity contribution in [3.8, 4) is 0 Å². The summed E-state index contributed by atoms with van der Waals surface area (Å²) >= 11 is 1.75. The Hall–Kier alpha value is -1.26. The van der Waals surface area contributed by atoms with E-state index >= 15 is 0 Å². The first-order valence-electron chi connectivity index (χ1n) is 6.53. The third-order valence-electron chi connectivity index (χ3n) is 3.14. The van der Waals surface area contributed by atoms with E-state index in [-0.39, 0.29) is 6.04 Å². The van der Waals surface area contributed by atoms with Crippen molar-refractivity contribution in [1.82, 2.24) is 9.78 Å². The van der Waals surface area contributed by atoms with E-state index in [4.69, 9.17) is 5.73 Å². The molecule has 0 saturated heterocycles. The van der Waals surface area contributed by atoms with Gasteiger partial charge in [-0.3, -0.25) is 4.68 Å². The van der Waals surface area contributed by atoms with Crippen molar-refractivity contribution >= 4 is 11.8 Å². The fraction of sp³-hybridized carbons (Fsp3) is 0.400. The summed E-state index contributed by atoms with van der Waals surface area (Å²) in [6.07, 6.45) is 3.89. The summed E-state index contributed by atoms with van der Waals surface area (Å²) in [5.41, 5.74) is 8.78. The molecular formula is C15H21N3S. The van der Waals surface area contributed by atoms with Gasteiger partial charge in [0, 0.05) is 29.9 Å². The van der Waals surface area contributed by atoms with Gasteiger partial charge in [0.1, 0.15) is 0 Å². The number of benzene rings is 1. The van der Waals surface area contributed by atoms with Crippen LogP contribution in [0.15, 0.2) is 41.6 Å². The Bertz CT molecular complexity index is 516. The highest BCUT2D eigenvalue weighted by atomic mass is 32.2. The first-order valence-corrected chi connectivity index (χ1v) is 7.51. The maximum Gasteiger partial charge on any atom is 0.0625 e. The lowest BCUT2D eigenvalue weighted by Gasteiger charge is -2.12. The molecule has 2 aromatic rings. The summed E-state index contributed by atoms with van der Waals surface area (Å²) in [4.78, 5) is 1.16. The van der Waals surface area contributed by atoms with E-state index in [0.29, 0.717) is 5.92 Å². The standard InChI is InChI=1S/C15H21N3S/c1-11(2)12-4-6-13(7-5-12)15(16)10-19-14-8-17-18(3)9-14/h4-9,11,15H,10,16H2,1-3H3. The summed E-state index contributed by atoms with van der Waals surface area (Å²) in [7, 11) is 1.93. The number of aryl methyl sites for hydroxylation is 1. The summed E-state index contributed by atoms with van der Waals surface area (Å²) in [6.45, 7) is 4.40. The van der Waals surface area contributed by atoms with Crippen LogP contribution >= 0.6 is 11.8 Å². The molecule has 0 aliphatic heterocycles. The Labute approximate surface area is 119 Å². The van der Waals surface area contributed by atoms with Crippen molar-refractivity contribution in [3.05, 3.63) is 47.8 Å². The molecule has 0 spiro atoms. The summed E-state index contributed by atoms with van der Waals surface area (Å²) in [5.74, 6) is 1.43. The molecule has 0 aliphatic carbocycles. The number of nitrogens with zero attached hydrogens (tertiary/aromatic N) is 2. The smallest absolute Gasteiger partial charge is 0.0625 e. The third kappa shape index (κ3) is 3.85. The molecule has 0 amide bonds. The van der Waals surface area contributed by atoms with E-state index in [1.807, 2.05) is 24.1 Å². The molecule has 0 fully saturated rings. The molecule has 1 atom stereocenters. The summed E-state index contributed by atoms with van der Waals surface area (Å²) in [5, 5.41) is 4.15. The summed E-state index contributed by atoms with van der Waals surface area (Å²) in [6, 6.07) is 8.70. The molecule has 1 aromatic carbocycles. The van der Waals surface area contributed by atoms with Gasteiger partial charge in [0.2, 0.25) is 0 Å².